The second-order valence-electron chi connectivity index (χ2n) is 9.92. The second-order valence-corrected chi connectivity index (χ2v) is 9.92. The minimum absolute atomic E-state index is 0.0756. The molecule has 2 N–H and O–H groups in total. The first-order chi connectivity index (χ1) is 11.9. The van der Waals surface area contributed by atoms with E-state index >= 15 is 0 Å². The maximum absolute atomic E-state index is 11.2. The molecule has 0 spiro atoms. The second kappa shape index (κ2) is 6.23. The third kappa shape index (κ3) is 2.67. The SMILES string of the molecule is C=CCC[C@H]1C[C@@]2(C)C(CC[C@]2(C)O)C2CCC3=C(CC[C@H](O)C3)C21. The molecule has 0 saturated heterocycles. The van der Waals surface area contributed by atoms with Crippen LogP contribution in [0.1, 0.15) is 78.1 Å². The molecule has 0 aromatic carbocycles. The molecule has 0 amide bonds. The van der Waals surface area contributed by atoms with Crippen LogP contribution in [-0.4, -0.2) is 21.9 Å². The lowest BCUT2D eigenvalue weighted by Crippen LogP contribution is -2.53. The van der Waals surface area contributed by atoms with Crippen molar-refractivity contribution in [3.05, 3.63) is 23.8 Å². The monoisotopic (exact) mass is 344 g/mol. The van der Waals surface area contributed by atoms with Gasteiger partial charge in [-0.05, 0) is 100 Å². The molecule has 140 valence electrons. The van der Waals surface area contributed by atoms with Gasteiger partial charge in [0.15, 0.2) is 0 Å². The van der Waals surface area contributed by atoms with Crippen LogP contribution in [0.5, 0.6) is 0 Å². The third-order valence-corrected chi connectivity index (χ3v) is 8.77. The first-order valence-corrected chi connectivity index (χ1v) is 10.6. The Morgan fingerprint density at radius 2 is 2.00 bits per heavy atom. The van der Waals surface area contributed by atoms with Crippen LogP contribution in [-0.2, 0) is 0 Å². The number of hydrogen-bond acceptors (Lipinski definition) is 2. The summed E-state index contributed by atoms with van der Waals surface area (Å²) in [6.07, 6.45) is 13.0. The van der Waals surface area contributed by atoms with Crippen LogP contribution in [0.3, 0.4) is 0 Å². The van der Waals surface area contributed by atoms with Crippen molar-refractivity contribution in [3.63, 3.8) is 0 Å². The number of aliphatic hydroxyl groups is 2. The van der Waals surface area contributed by atoms with Crippen LogP contribution >= 0.6 is 0 Å². The van der Waals surface area contributed by atoms with Gasteiger partial charge in [0.05, 0.1) is 11.7 Å². The molecule has 2 saturated carbocycles. The quantitative estimate of drug-likeness (QED) is 0.707. The molecule has 4 aliphatic carbocycles. The van der Waals surface area contributed by atoms with Crippen molar-refractivity contribution in [2.45, 2.75) is 89.8 Å². The van der Waals surface area contributed by atoms with Crippen molar-refractivity contribution in [1.82, 2.24) is 0 Å². The standard InChI is InChI=1S/C23H36O2/c1-4-5-6-16-14-22(2)20(11-12-23(22,3)25)19-9-7-15-13-17(24)8-10-18(15)21(16)19/h4,16-17,19-21,24-25H,1,5-14H2,2-3H3/t16-,17-,19?,20?,21?,22-,23-/m0/s1. The molecule has 0 aromatic rings. The molecular formula is C23H36O2. The summed E-state index contributed by atoms with van der Waals surface area (Å²) in [5.41, 5.74) is 2.89. The molecule has 3 unspecified atom stereocenters. The Morgan fingerprint density at radius 3 is 2.76 bits per heavy atom. The zero-order chi connectivity index (χ0) is 17.8. The summed E-state index contributed by atoms with van der Waals surface area (Å²) in [6.45, 7) is 8.44. The van der Waals surface area contributed by atoms with E-state index in [0.717, 1.165) is 38.0 Å². The number of aliphatic hydroxyl groups excluding tert-OH is 1. The van der Waals surface area contributed by atoms with Gasteiger partial charge in [-0.3, -0.25) is 0 Å². The van der Waals surface area contributed by atoms with Crippen LogP contribution in [0.15, 0.2) is 23.8 Å². The lowest BCUT2D eigenvalue weighted by Gasteiger charge is -2.57. The topological polar surface area (TPSA) is 40.5 Å². The van der Waals surface area contributed by atoms with E-state index in [-0.39, 0.29) is 11.5 Å². The molecule has 0 bridgehead atoms. The van der Waals surface area contributed by atoms with Crippen LogP contribution < -0.4 is 0 Å². The van der Waals surface area contributed by atoms with Crippen molar-refractivity contribution < 1.29 is 10.2 Å². The minimum Gasteiger partial charge on any atom is -0.393 e. The molecule has 0 heterocycles. The van der Waals surface area contributed by atoms with E-state index in [0.29, 0.717) is 17.8 Å². The van der Waals surface area contributed by atoms with Crippen LogP contribution in [0.4, 0.5) is 0 Å². The summed E-state index contributed by atoms with van der Waals surface area (Å²) < 4.78 is 0. The highest BCUT2D eigenvalue weighted by atomic mass is 16.3. The van der Waals surface area contributed by atoms with E-state index in [4.69, 9.17) is 0 Å². The highest BCUT2D eigenvalue weighted by Gasteiger charge is 2.61. The van der Waals surface area contributed by atoms with Crippen molar-refractivity contribution >= 4 is 0 Å². The number of hydrogen-bond donors (Lipinski definition) is 2. The molecule has 0 aliphatic heterocycles. The molecule has 4 aliphatic rings. The first kappa shape index (κ1) is 17.8. The van der Waals surface area contributed by atoms with E-state index in [2.05, 4.69) is 26.5 Å². The molecule has 4 rings (SSSR count). The summed E-state index contributed by atoms with van der Waals surface area (Å²) in [4.78, 5) is 0. The maximum atomic E-state index is 11.2. The van der Waals surface area contributed by atoms with Crippen LogP contribution in [0.2, 0.25) is 0 Å². The van der Waals surface area contributed by atoms with Crippen molar-refractivity contribution in [1.29, 1.82) is 0 Å². The van der Waals surface area contributed by atoms with Gasteiger partial charge in [-0.2, -0.15) is 0 Å². The lowest BCUT2D eigenvalue weighted by atomic mass is 9.49. The average molecular weight is 345 g/mol. The molecule has 0 radical (unpaired) electrons. The van der Waals surface area contributed by atoms with Gasteiger partial charge in [-0.15, -0.1) is 6.58 Å². The van der Waals surface area contributed by atoms with E-state index in [1.54, 1.807) is 11.1 Å². The Morgan fingerprint density at radius 1 is 1.20 bits per heavy atom. The van der Waals surface area contributed by atoms with Gasteiger partial charge in [0.2, 0.25) is 0 Å². The van der Waals surface area contributed by atoms with E-state index in [9.17, 15) is 10.2 Å². The number of rotatable bonds is 3. The molecule has 25 heavy (non-hydrogen) atoms. The summed E-state index contributed by atoms with van der Waals surface area (Å²) in [5, 5.41) is 21.3. The largest absolute Gasteiger partial charge is 0.393 e. The summed E-state index contributed by atoms with van der Waals surface area (Å²) in [7, 11) is 0. The zero-order valence-electron chi connectivity index (χ0n) is 16.1. The molecule has 2 nitrogen and oxygen atoms in total. The fourth-order valence-electron chi connectivity index (χ4n) is 7.33. The lowest BCUT2D eigenvalue weighted by molar-refractivity contribution is -0.115. The highest BCUT2D eigenvalue weighted by molar-refractivity contribution is 5.28. The van der Waals surface area contributed by atoms with Gasteiger partial charge >= 0.3 is 0 Å². The number of fused-ring (bicyclic) bond motifs is 4. The molecule has 0 aromatic heterocycles. The van der Waals surface area contributed by atoms with Crippen molar-refractivity contribution in [3.8, 4) is 0 Å². The molecule has 2 fully saturated rings. The van der Waals surface area contributed by atoms with Gasteiger partial charge in [-0.25, -0.2) is 0 Å². The third-order valence-electron chi connectivity index (χ3n) is 8.77. The maximum Gasteiger partial charge on any atom is 0.0676 e. The minimum atomic E-state index is -0.507. The Labute approximate surface area is 153 Å². The van der Waals surface area contributed by atoms with Crippen LogP contribution in [0.25, 0.3) is 0 Å². The Balaban J connectivity index is 1.71. The van der Waals surface area contributed by atoms with Gasteiger partial charge < -0.3 is 10.2 Å². The summed E-state index contributed by atoms with van der Waals surface area (Å²) in [5.74, 6) is 2.81. The van der Waals surface area contributed by atoms with Crippen LogP contribution in [0, 0.1) is 29.1 Å². The van der Waals surface area contributed by atoms with E-state index in [1.165, 1.54) is 32.1 Å². The fourth-order valence-corrected chi connectivity index (χ4v) is 7.33. The van der Waals surface area contributed by atoms with Gasteiger partial charge in [0.1, 0.15) is 0 Å². The predicted octanol–water partition coefficient (Wildman–Crippen LogP) is 5.01. The fraction of sp³-hybridized carbons (Fsp3) is 0.826. The first-order valence-electron chi connectivity index (χ1n) is 10.6. The molecule has 2 heteroatoms. The van der Waals surface area contributed by atoms with Crippen molar-refractivity contribution in [2.75, 3.05) is 0 Å². The zero-order valence-corrected chi connectivity index (χ0v) is 16.1. The Kier molecular flexibility index (Phi) is 4.44. The normalized spacial score (nSPS) is 49.4. The van der Waals surface area contributed by atoms with Gasteiger partial charge in [0, 0.05) is 0 Å². The summed E-state index contributed by atoms with van der Waals surface area (Å²) in [6, 6.07) is 0. The average Bonchev–Trinajstić information content (AvgIpc) is 2.81. The molecule has 7 atom stereocenters. The smallest absolute Gasteiger partial charge is 0.0676 e. The van der Waals surface area contributed by atoms with Crippen molar-refractivity contribution in [2.24, 2.45) is 29.1 Å². The Bertz CT molecular complexity index is 575. The van der Waals surface area contributed by atoms with Gasteiger partial charge in [0.25, 0.3) is 0 Å². The van der Waals surface area contributed by atoms with E-state index < -0.39 is 5.60 Å². The van der Waals surface area contributed by atoms with Gasteiger partial charge in [-0.1, -0.05) is 24.1 Å². The summed E-state index contributed by atoms with van der Waals surface area (Å²) >= 11 is 0. The van der Waals surface area contributed by atoms with E-state index in [1.807, 2.05) is 0 Å². The Hall–Kier alpha value is -0.600. The highest BCUT2D eigenvalue weighted by Crippen LogP contribution is 2.66. The predicted molar refractivity (Wildman–Crippen MR) is 102 cm³/mol. The molecular weight excluding hydrogens is 308 g/mol. The number of allylic oxidation sites excluding steroid dienone is 2.